The molecule has 1 aromatic heterocycles. The Morgan fingerprint density at radius 1 is 1.05 bits per heavy atom. The van der Waals surface area contributed by atoms with Gasteiger partial charge in [0.05, 0.1) is 29.0 Å². The van der Waals surface area contributed by atoms with Gasteiger partial charge in [-0.05, 0) is 65.9 Å². The quantitative estimate of drug-likeness (QED) is 0.691. The summed E-state index contributed by atoms with van der Waals surface area (Å²) >= 11 is 2.32. The first-order valence-electron chi connectivity index (χ1n) is 6.89. The third kappa shape index (κ3) is 3.39. The number of benzene rings is 2. The Kier molecular flexibility index (Phi) is 4.45. The molecule has 1 N–H and O–H groups in total. The van der Waals surface area contributed by atoms with Crippen LogP contribution < -0.4 is 5.32 Å². The van der Waals surface area contributed by atoms with Crippen molar-refractivity contribution in [2.75, 3.05) is 7.05 Å². The first-order chi connectivity index (χ1) is 10.3. The predicted octanol–water partition coefficient (Wildman–Crippen LogP) is 3.74. The third-order valence-corrected chi connectivity index (χ3v) is 4.24. The van der Waals surface area contributed by atoms with Crippen molar-refractivity contribution in [3.8, 4) is 0 Å². The molecule has 106 valence electrons. The Morgan fingerprint density at radius 3 is 2.48 bits per heavy atom. The number of hydrogen-bond donors (Lipinski definition) is 1. The van der Waals surface area contributed by atoms with Gasteiger partial charge in [0.15, 0.2) is 0 Å². The average Bonchev–Trinajstić information content (AvgIpc) is 2.54. The first kappa shape index (κ1) is 14.4. The monoisotopic (exact) mass is 389 g/mol. The molecule has 0 aliphatic rings. The topological polar surface area (TPSA) is 37.8 Å². The van der Waals surface area contributed by atoms with Crippen molar-refractivity contribution in [2.45, 2.75) is 12.5 Å². The molecule has 4 heteroatoms. The minimum Gasteiger partial charge on any atom is -0.311 e. The maximum Gasteiger partial charge on any atom is 0.0890 e. The molecule has 3 aromatic rings. The molecule has 0 saturated carbocycles. The number of halogens is 1. The molecule has 1 atom stereocenters. The first-order valence-corrected chi connectivity index (χ1v) is 7.97. The molecule has 1 unspecified atom stereocenters. The molecule has 0 bridgehead atoms. The van der Waals surface area contributed by atoms with Crippen molar-refractivity contribution >= 4 is 33.6 Å². The molecule has 0 amide bonds. The summed E-state index contributed by atoms with van der Waals surface area (Å²) in [6.07, 6.45) is 2.77. The van der Waals surface area contributed by atoms with Gasteiger partial charge in [0, 0.05) is 3.57 Å². The second-order valence-corrected chi connectivity index (χ2v) is 6.20. The third-order valence-electron chi connectivity index (χ3n) is 3.53. The van der Waals surface area contributed by atoms with Gasteiger partial charge in [0.1, 0.15) is 0 Å². The highest BCUT2D eigenvalue weighted by Gasteiger charge is 2.12. The van der Waals surface area contributed by atoms with Crippen LogP contribution in [0.2, 0.25) is 0 Å². The van der Waals surface area contributed by atoms with Gasteiger partial charge in [-0.2, -0.15) is 0 Å². The molecule has 0 spiro atoms. The molecule has 3 rings (SSSR count). The van der Waals surface area contributed by atoms with E-state index >= 15 is 0 Å². The number of likely N-dealkylation sites (N-methyl/N-ethyl adjacent to an activating group) is 1. The smallest absolute Gasteiger partial charge is 0.0890 e. The summed E-state index contributed by atoms with van der Waals surface area (Å²) in [6, 6.07) is 16.7. The van der Waals surface area contributed by atoms with Crippen LogP contribution in [0.1, 0.15) is 17.3 Å². The maximum absolute atomic E-state index is 4.73. The normalized spacial score (nSPS) is 12.5. The summed E-state index contributed by atoms with van der Waals surface area (Å²) in [4.78, 5) is 9.24. The molecule has 2 aromatic carbocycles. The van der Waals surface area contributed by atoms with Crippen LogP contribution >= 0.6 is 22.6 Å². The van der Waals surface area contributed by atoms with Gasteiger partial charge in [-0.1, -0.05) is 24.3 Å². The van der Waals surface area contributed by atoms with E-state index in [9.17, 15) is 0 Å². The number of nitrogens with one attached hydrogen (secondary N) is 1. The zero-order chi connectivity index (χ0) is 14.7. The fourth-order valence-corrected chi connectivity index (χ4v) is 2.71. The van der Waals surface area contributed by atoms with E-state index < -0.39 is 0 Å². The number of fused-ring (bicyclic) bond motifs is 1. The van der Waals surface area contributed by atoms with Gasteiger partial charge in [-0.15, -0.1) is 0 Å². The molecule has 3 nitrogen and oxygen atoms in total. The summed E-state index contributed by atoms with van der Waals surface area (Å²) in [7, 11) is 1.97. The number of rotatable bonds is 4. The minimum atomic E-state index is 0.169. The van der Waals surface area contributed by atoms with Crippen molar-refractivity contribution in [1.82, 2.24) is 15.3 Å². The van der Waals surface area contributed by atoms with E-state index in [0.29, 0.717) is 0 Å². The van der Waals surface area contributed by atoms with Crippen molar-refractivity contribution < 1.29 is 0 Å². The minimum absolute atomic E-state index is 0.169. The van der Waals surface area contributed by atoms with E-state index in [1.54, 1.807) is 0 Å². The number of aromatic nitrogens is 2. The van der Waals surface area contributed by atoms with Crippen LogP contribution in [-0.2, 0) is 6.42 Å². The van der Waals surface area contributed by atoms with Gasteiger partial charge in [-0.3, -0.25) is 4.98 Å². The van der Waals surface area contributed by atoms with Crippen LogP contribution in [0.5, 0.6) is 0 Å². The van der Waals surface area contributed by atoms with Crippen LogP contribution in [0.4, 0.5) is 0 Å². The lowest BCUT2D eigenvalue weighted by atomic mass is 10.0. The SMILES string of the molecule is CNC(Cc1ccc(I)cc1)c1cnc2ccccc2n1. The molecule has 1 heterocycles. The second-order valence-electron chi connectivity index (χ2n) is 4.96. The molecule has 0 aliphatic heterocycles. The maximum atomic E-state index is 4.73. The Labute approximate surface area is 138 Å². The summed E-state index contributed by atoms with van der Waals surface area (Å²) in [5.74, 6) is 0. The van der Waals surface area contributed by atoms with Gasteiger partial charge in [0.25, 0.3) is 0 Å². The van der Waals surface area contributed by atoms with Crippen molar-refractivity contribution in [3.05, 3.63) is 69.6 Å². The van der Waals surface area contributed by atoms with Gasteiger partial charge in [-0.25, -0.2) is 4.98 Å². The molecular formula is C17H16IN3. The zero-order valence-corrected chi connectivity index (χ0v) is 13.9. The van der Waals surface area contributed by atoms with E-state index in [1.165, 1.54) is 9.13 Å². The second kappa shape index (κ2) is 6.49. The van der Waals surface area contributed by atoms with Gasteiger partial charge in [0.2, 0.25) is 0 Å². The van der Waals surface area contributed by atoms with Crippen molar-refractivity contribution in [2.24, 2.45) is 0 Å². The van der Waals surface area contributed by atoms with Crippen molar-refractivity contribution in [3.63, 3.8) is 0 Å². The summed E-state index contributed by atoms with van der Waals surface area (Å²) < 4.78 is 1.25. The van der Waals surface area contributed by atoms with Crippen LogP contribution in [0.3, 0.4) is 0 Å². The highest BCUT2D eigenvalue weighted by molar-refractivity contribution is 14.1. The molecule has 21 heavy (non-hydrogen) atoms. The molecule has 0 aliphatic carbocycles. The largest absolute Gasteiger partial charge is 0.311 e. The Balaban J connectivity index is 1.88. The summed E-state index contributed by atoms with van der Waals surface area (Å²) in [5.41, 5.74) is 4.16. The highest BCUT2D eigenvalue weighted by atomic mass is 127. The van der Waals surface area contributed by atoms with E-state index in [1.807, 2.05) is 37.5 Å². The Bertz CT molecular complexity index is 740. The van der Waals surface area contributed by atoms with Crippen molar-refractivity contribution in [1.29, 1.82) is 0 Å². The van der Waals surface area contributed by atoms with Crippen LogP contribution in [-0.4, -0.2) is 17.0 Å². The van der Waals surface area contributed by atoms with E-state index in [4.69, 9.17) is 4.98 Å². The lowest BCUT2D eigenvalue weighted by Crippen LogP contribution is -2.20. The van der Waals surface area contributed by atoms with E-state index in [0.717, 1.165) is 23.1 Å². The lowest BCUT2D eigenvalue weighted by molar-refractivity contribution is 0.576. The summed E-state index contributed by atoms with van der Waals surface area (Å²) in [6.45, 7) is 0. The average molecular weight is 389 g/mol. The van der Waals surface area contributed by atoms with Crippen LogP contribution in [0, 0.1) is 3.57 Å². The molecular weight excluding hydrogens is 373 g/mol. The van der Waals surface area contributed by atoms with Gasteiger partial charge >= 0.3 is 0 Å². The predicted molar refractivity (Wildman–Crippen MR) is 94.2 cm³/mol. The standard InChI is InChI=1S/C17H16IN3/c1-19-16(10-12-6-8-13(18)9-7-12)17-11-20-14-4-2-3-5-15(14)21-17/h2-9,11,16,19H,10H2,1H3. The van der Waals surface area contributed by atoms with Crippen LogP contribution in [0.15, 0.2) is 54.7 Å². The fourth-order valence-electron chi connectivity index (χ4n) is 2.35. The van der Waals surface area contributed by atoms with Crippen LogP contribution in [0.25, 0.3) is 11.0 Å². The number of nitrogens with zero attached hydrogens (tertiary/aromatic N) is 2. The number of para-hydroxylation sites is 2. The van der Waals surface area contributed by atoms with Gasteiger partial charge < -0.3 is 5.32 Å². The highest BCUT2D eigenvalue weighted by Crippen LogP contribution is 2.19. The molecule has 0 saturated heterocycles. The number of hydrogen-bond acceptors (Lipinski definition) is 3. The summed E-state index contributed by atoms with van der Waals surface area (Å²) in [5, 5.41) is 3.34. The fraction of sp³-hybridized carbons (Fsp3) is 0.176. The molecule has 0 fully saturated rings. The van der Waals surface area contributed by atoms with E-state index in [-0.39, 0.29) is 6.04 Å². The molecule has 0 radical (unpaired) electrons. The van der Waals surface area contributed by atoms with E-state index in [2.05, 4.69) is 57.2 Å². The Hall–Kier alpha value is -1.53. The zero-order valence-electron chi connectivity index (χ0n) is 11.8. The lowest BCUT2D eigenvalue weighted by Gasteiger charge is -2.16. The Morgan fingerprint density at radius 2 is 1.76 bits per heavy atom.